The zero-order valence-corrected chi connectivity index (χ0v) is 9.67. The standard InChI is InChI=1S/C10H10BrFO3/c1-15-10-6(3-2-4-13)5-7(11)9(14)8(10)12/h4-5,14H,2-3H2,1H3. The molecule has 5 heteroatoms. The van der Waals surface area contributed by atoms with Crippen LogP contribution in [-0.4, -0.2) is 18.5 Å². The highest BCUT2D eigenvalue weighted by Crippen LogP contribution is 2.36. The van der Waals surface area contributed by atoms with Crippen LogP contribution in [0.4, 0.5) is 4.39 Å². The van der Waals surface area contributed by atoms with Crippen LogP contribution in [0.15, 0.2) is 10.5 Å². The Balaban J connectivity index is 3.19. The molecular formula is C10H10BrFO3. The van der Waals surface area contributed by atoms with Crippen LogP contribution < -0.4 is 4.74 Å². The first-order chi connectivity index (χ1) is 7.11. The molecule has 0 heterocycles. The highest BCUT2D eigenvalue weighted by molar-refractivity contribution is 9.10. The molecule has 0 saturated heterocycles. The minimum atomic E-state index is -0.812. The van der Waals surface area contributed by atoms with Crippen molar-refractivity contribution in [3.05, 3.63) is 21.9 Å². The van der Waals surface area contributed by atoms with Gasteiger partial charge in [-0.05, 0) is 34.0 Å². The number of methoxy groups -OCH3 is 1. The third-order valence-electron chi connectivity index (χ3n) is 1.96. The number of carbonyl (C=O) groups excluding carboxylic acids is 1. The van der Waals surface area contributed by atoms with E-state index in [4.69, 9.17) is 4.74 Å². The molecule has 0 bridgehead atoms. The van der Waals surface area contributed by atoms with Gasteiger partial charge in [0.1, 0.15) is 6.29 Å². The topological polar surface area (TPSA) is 46.5 Å². The first-order valence-corrected chi connectivity index (χ1v) is 5.08. The first kappa shape index (κ1) is 12.0. The van der Waals surface area contributed by atoms with Gasteiger partial charge in [0.05, 0.1) is 11.6 Å². The van der Waals surface area contributed by atoms with Crippen LogP contribution in [0.25, 0.3) is 0 Å². The number of aromatic hydroxyl groups is 1. The number of ether oxygens (including phenoxy) is 1. The average Bonchev–Trinajstić information content (AvgIpc) is 2.23. The molecule has 0 radical (unpaired) electrons. The zero-order chi connectivity index (χ0) is 11.4. The van der Waals surface area contributed by atoms with E-state index in [-0.39, 0.29) is 16.6 Å². The normalized spacial score (nSPS) is 10.1. The lowest BCUT2D eigenvalue weighted by Crippen LogP contribution is -1.97. The average molecular weight is 277 g/mol. The molecule has 0 aromatic heterocycles. The largest absolute Gasteiger partial charge is 0.504 e. The molecule has 0 saturated carbocycles. The van der Waals surface area contributed by atoms with Crippen LogP contribution in [0.2, 0.25) is 0 Å². The molecule has 0 amide bonds. The summed E-state index contributed by atoms with van der Waals surface area (Å²) in [4.78, 5) is 10.2. The van der Waals surface area contributed by atoms with Gasteiger partial charge in [-0.1, -0.05) is 0 Å². The van der Waals surface area contributed by atoms with E-state index in [1.165, 1.54) is 7.11 Å². The summed E-state index contributed by atoms with van der Waals surface area (Å²) < 4.78 is 18.5. The number of phenolic OH excluding ortho intramolecular Hbond substituents is 1. The van der Waals surface area contributed by atoms with Crippen molar-refractivity contribution in [2.75, 3.05) is 7.11 Å². The lowest BCUT2D eigenvalue weighted by atomic mass is 10.1. The van der Waals surface area contributed by atoms with E-state index < -0.39 is 11.6 Å². The van der Waals surface area contributed by atoms with Crippen molar-refractivity contribution in [3.63, 3.8) is 0 Å². The lowest BCUT2D eigenvalue weighted by molar-refractivity contribution is -0.107. The fraction of sp³-hybridized carbons (Fsp3) is 0.300. The van der Waals surface area contributed by atoms with Gasteiger partial charge in [0.15, 0.2) is 11.5 Å². The predicted octanol–water partition coefficient (Wildman–Crippen LogP) is 2.43. The Morgan fingerprint density at radius 3 is 2.87 bits per heavy atom. The van der Waals surface area contributed by atoms with Crippen molar-refractivity contribution in [3.8, 4) is 11.5 Å². The smallest absolute Gasteiger partial charge is 0.208 e. The number of hydrogen-bond acceptors (Lipinski definition) is 3. The fourth-order valence-electron chi connectivity index (χ4n) is 1.26. The van der Waals surface area contributed by atoms with Gasteiger partial charge in [-0.25, -0.2) is 0 Å². The van der Waals surface area contributed by atoms with Gasteiger partial charge in [-0.3, -0.25) is 0 Å². The van der Waals surface area contributed by atoms with E-state index in [1.807, 2.05) is 0 Å². The molecule has 82 valence electrons. The van der Waals surface area contributed by atoms with E-state index in [1.54, 1.807) is 6.07 Å². The molecular weight excluding hydrogens is 267 g/mol. The lowest BCUT2D eigenvalue weighted by Gasteiger charge is -2.10. The van der Waals surface area contributed by atoms with E-state index >= 15 is 0 Å². The third-order valence-corrected chi connectivity index (χ3v) is 2.57. The molecule has 3 nitrogen and oxygen atoms in total. The molecule has 1 N–H and O–H groups in total. The van der Waals surface area contributed by atoms with Crippen LogP contribution in [0, 0.1) is 5.82 Å². The highest BCUT2D eigenvalue weighted by atomic mass is 79.9. The van der Waals surface area contributed by atoms with E-state index in [0.717, 1.165) is 6.29 Å². The number of aldehydes is 1. The summed E-state index contributed by atoms with van der Waals surface area (Å²) >= 11 is 3.02. The van der Waals surface area contributed by atoms with Gasteiger partial charge in [-0.15, -0.1) is 0 Å². The van der Waals surface area contributed by atoms with Crippen LogP contribution in [-0.2, 0) is 11.2 Å². The van der Waals surface area contributed by atoms with Gasteiger partial charge in [0.2, 0.25) is 5.82 Å². The number of carbonyl (C=O) groups is 1. The number of aryl methyl sites for hydroxylation is 1. The molecule has 15 heavy (non-hydrogen) atoms. The molecule has 0 atom stereocenters. The first-order valence-electron chi connectivity index (χ1n) is 4.29. The second kappa shape index (κ2) is 5.11. The molecule has 0 aliphatic carbocycles. The molecule has 1 aromatic carbocycles. The van der Waals surface area contributed by atoms with E-state index in [9.17, 15) is 14.3 Å². The van der Waals surface area contributed by atoms with Gasteiger partial charge >= 0.3 is 0 Å². The maximum atomic E-state index is 13.5. The Kier molecular flexibility index (Phi) is 4.08. The van der Waals surface area contributed by atoms with Crippen molar-refractivity contribution in [1.82, 2.24) is 0 Å². The summed E-state index contributed by atoms with van der Waals surface area (Å²) in [5.41, 5.74) is 0.548. The van der Waals surface area contributed by atoms with Crippen LogP contribution in [0.3, 0.4) is 0 Å². The van der Waals surface area contributed by atoms with Gasteiger partial charge in [0.25, 0.3) is 0 Å². The maximum absolute atomic E-state index is 13.5. The number of benzene rings is 1. The van der Waals surface area contributed by atoms with Crippen LogP contribution in [0.1, 0.15) is 12.0 Å². The van der Waals surface area contributed by atoms with Crippen molar-refractivity contribution >= 4 is 22.2 Å². The SMILES string of the molecule is COc1c(CCC=O)cc(Br)c(O)c1F. The minimum absolute atomic E-state index is 0.0162. The number of halogens is 2. The quantitative estimate of drug-likeness (QED) is 0.860. The molecule has 1 rings (SSSR count). The van der Waals surface area contributed by atoms with Crippen molar-refractivity contribution in [2.45, 2.75) is 12.8 Å². The summed E-state index contributed by atoms with van der Waals surface area (Å²) in [7, 11) is 1.32. The second-order valence-corrected chi connectivity index (χ2v) is 3.77. The summed E-state index contributed by atoms with van der Waals surface area (Å²) in [6.07, 6.45) is 1.41. The van der Waals surface area contributed by atoms with Crippen LogP contribution >= 0.6 is 15.9 Å². The fourth-order valence-corrected chi connectivity index (χ4v) is 1.71. The van der Waals surface area contributed by atoms with Gasteiger partial charge in [0, 0.05) is 6.42 Å². The summed E-state index contributed by atoms with van der Waals surface area (Å²) in [6, 6.07) is 1.54. The predicted molar refractivity (Wildman–Crippen MR) is 56.7 cm³/mol. The molecule has 0 aliphatic rings. The molecule has 0 fully saturated rings. The molecule has 0 spiro atoms. The van der Waals surface area contributed by atoms with Crippen LogP contribution in [0.5, 0.6) is 11.5 Å². The highest BCUT2D eigenvalue weighted by Gasteiger charge is 2.16. The Labute approximate surface area is 95.0 Å². The maximum Gasteiger partial charge on any atom is 0.208 e. The number of phenols is 1. The Hall–Kier alpha value is -1.10. The summed E-state index contributed by atoms with van der Waals surface area (Å²) in [5.74, 6) is -1.31. The van der Waals surface area contributed by atoms with Crippen molar-refractivity contribution in [2.24, 2.45) is 0 Å². The summed E-state index contributed by atoms with van der Waals surface area (Å²) in [6.45, 7) is 0. The minimum Gasteiger partial charge on any atom is -0.504 e. The number of rotatable bonds is 4. The van der Waals surface area contributed by atoms with Gasteiger partial charge in [-0.2, -0.15) is 4.39 Å². The Morgan fingerprint density at radius 2 is 2.33 bits per heavy atom. The van der Waals surface area contributed by atoms with E-state index in [2.05, 4.69) is 15.9 Å². The van der Waals surface area contributed by atoms with Crippen molar-refractivity contribution in [1.29, 1.82) is 0 Å². The van der Waals surface area contributed by atoms with Gasteiger partial charge < -0.3 is 14.6 Å². The summed E-state index contributed by atoms with van der Waals surface area (Å²) in [5, 5.41) is 9.30. The number of hydrogen-bond donors (Lipinski definition) is 1. The Bertz CT molecular complexity index is 379. The van der Waals surface area contributed by atoms with Crippen molar-refractivity contribution < 1.29 is 19.0 Å². The molecule has 0 unspecified atom stereocenters. The molecule has 1 aromatic rings. The zero-order valence-electron chi connectivity index (χ0n) is 8.09. The third kappa shape index (κ3) is 2.47. The second-order valence-electron chi connectivity index (χ2n) is 2.92. The van der Waals surface area contributed by atoms with E-state index in [0.29, 0.717) is 12.0 Å². The monoisotopic (exact) mass is 276 g/mol. The molecule has 0 aliphatic heterocycles. The Morgan fingerprint density at radius 1 is 1.67 bits per heavy atom.